The molecule has 0 amide bonds. The summed E-state index contributed by atoms with van der Waals surface area (Å²) in [7, 11) is 0. The van der Waals surface area contributed by atoms with Gasteiger partial charge in [0.1, 0.15) is 0 Å². The molecule has 0 rings (SSSR count). The van der Waals surface area contributed by atoms with E-state index >= 15 is 0 Å². The molecule has 0 aromatic carbocycles. The lowest BCUT2D eigenvalue weighted by molar-refractivity contribution is 0.0395. The molecule has 0 aromatic heterocycles. The van der Waals surface area contributed by atoms with E-state index in [0.717, 1.165) is 0 Å². The summed E-state index contributed by atoms with van der Waals surface area (Å²) in [6, 6.07) is 0. The Kier molecular flexibility index (Phi) is 4.37. The first kappa shape index (κ1) is 9.70. The quantitative estimate of drug-likeness (QED) is 0.550. The smallest absolute Gasteiger partial charge is 0.0757 e. The fourth-order valence-electron chi connectivity index (χ4n) is 0.750. The zero-order valence-electron chi connectivity index (χ0n) is 7.64. The normalized spacial score (nSPS) is 16.0. The minimum absolute atomic E-state index is 0.269. The molecule has 0 saturated heterocycles. The monoisotopic (exact) mass is 142 g/mol. The van der Waals surface area contributed by atoms with Crippen LogP contribution in [-0.4, -0.2) is 12.2 Å². The van der Waals surface area contributed by atoms with E-state index in [-0.39, 0.29) is 6.10 Å². The van der Waals surface area contributed by atoms with E-state index in [0.29, 0.717) is 6.10 Å². The second-order valence-corrected chi connectivity index (χ2v) is 2.86. The number of hydrogen-bond acceptors (Lipinski definition) is 1. The largest absolute Gasteiger partial charge is 0.372 e. The van der Waals surface area contributed by atoms with Crippen molar-refractivity contribution in [1.29, 1.82) is 0 Å². The molecule has 0 aliphatic carbocycles. The molecule has 1 heteroatoms. The van der Waals surface area contributed by atoms with Crippen molar-refractivity contribution in [3.63, 3.8) is 0 Å². The molecule has 1 nitrogen and oxygen atoms in total. The van der Waals surface area contributed by atoms with Gasteiger partial charge in [0, 0.05) is 0 Å². The van der Waals surface area contributed by atoms with Crippen LogP contribution < -0.4 is 0 Å². The molecule has 0 aromatic rings. The number of hydrogen-bond donors (Lipinski definition) is 0. The maximum atomic E-state index is 5.53. The van der Waals surface area contributed by atoms with Gasteiger partial charge in [-0.05, 0) is 40.2 Å². The van der Waals surface area contributed by atoms with E-state index < -0.39 is 0 Å². The lowest BCUT2D eigenvalue weighted by Crippen LogP contribution is -2.14. The standard InChI is InChI=1S/C9H18O/c1-6-8(4)9(5)10-7(2)3/h6-7,9H,1-5H3. The molecule has 0 spiro atoms. The Balaban J connectivity index is 3.73. The topological polar surface area (TPSA) is 9.23 Å². The van der Waals surface area contributed by atoms with Gasteiger partial charge in [0.2, 0.25) is 0 Å². The van der Waals surface area contributed by atoms with Crippen molar-refractivity contribution < 1.29 is 4.74 Å². The number of allylic oxidation sites excluding steroid dienone is 1. The lowest BCUT2D eigenvalue weighted by Gasteiger charge is -2.16. The summed E-state index contributed by atoms with van der Waals surface area (Å²) in [6.07, 6.45) is 2.68. The maximum absolute atomic E-state index is 5.53. The highest BCUT2D eigenvalue weighted by molar-refractivity contribution is 5.01. The Morgan fingerprint density at radius 3 is 2.10 bits per heavy atom. The Morgan fingerprint density at radius 1 is 1.30 bits per heavy atom. The van der Waals surface area contributed by atoms with Gasteiger partial charge in [-0.15, -0.1) is 0 Å². The molecule has 0 bridgehead atoms. The molecule has 0 aliphatic heterocycles. The van der Waals surface area contributed by atoms with Crippen LogP contribution in [0.5, 0.6) is 0 Å². The zero-order chi connectivity index (χ0) is 8.15. The molecule has 0 heterocycles. The minimum Gasteiger partial charge on any atom is -0.372 e. The summed E-state index contributed by atoms with van der Waals surface area (Å²) in [5.74, 6) is 0. The maximum Gasteiger partial charge on any atom is 0.0757 e. The molecular formula is C9H18O. The Labute approximate surface area is 64.1 Å². The van der Waals surface area contributed by atoms with Crippen LogP contribution in [0.2, 0.25) is 0 Å². The molecule has 0 saturated carbocycles. The van der Waals surface area contributed by atoms with E-state index in [9.17, 15) is 0 Å². The third-order valence-corrected chi connectivity index (χ3v) is 1.57. The molecule has 0 aliphatic rings. The van der Waals surface area contributed by atoms with Crippen LogP contribution in [0.15, 0.2) is 11.6 Å². The van der Waals surface area contributed by atoms with Crippen LogP contribution in [0.25, 0.3) is 0 Å². The first-order valence-corrected chi connectivity index (χ1v) is 3.86. The van der Waals surface area contributed by atoms with E-state index in [1.807, 2.05) is 6.92 Å². The summed E-state index contributed by atoms with van der Waals surface area (Å²) < 4.78 is 5.53. The third-order valence-electron chi connectivity index (χ3n) is 1.57. The van der Waals surface area contributed by atoms with Crippen molar-refractivity contribution in [2.75, 3.05) is 0 Å². The van der Waals surface area contributed by atoms with Crippen molar-refractivity contribution in [2.24, 2.45) is 0 Å². The molecule has 0 fully saturated rings. The molecule has 10 heavy (non-hydrogen) atoms. The van der Waals surface area contributed by atoms with Crippen molar-refractivity contribution in [3.8, 4) is 0 Å². The number of rotatable bonds is 3. The summed E-state index contributed by atoms with van der Waals surface area (Å²) in [5.41, 5.74) is 1.30. The van der Waals surface area contributed by atoms with E-state index in [1.165, 1.54) is 5.57 Å². The first-order valence-electron chi connectivity index (χ1n) is 3.86. The van der Waals surface area contributed by atoms with Crippen LogP contribution in [0.1, 0.15) is 34.6 Å². The molecule has 0 radical (unpaired) electrons. The Bertz CT molecular complexity index is 114. The highest BCUT2D eigenvalue weighted by Gasteiger charge is 2.04. The molecule has 60 valence electrons. The molecule has 1 unspecified atom stereocenters. The highest BCUT2D eigenvalue weighted by atomic mass is 16.5. The van der Waals surface area contributed by atoms with E-state index in [4.69, 9.17) is 4.74 Å². The van der Waals surface area contributed by atoms with Crippen LogP contribution in [0.3, 0.4) is 0 Å². The van der Waals surface area contributed by atoms with Gasteiger partial charge in [-0.25, -0.2) is 0 Å². The summed E-state index contributed by atoms with van der Waals surface area (Å²) in [5, 5.41) is 0. The fraction of sp³-hybridized carbons (Fsp3) is 0.778. The molecule has 1 atom stereocenters. The van der Waals surface area contributed by atoms with Crippen molar-refractivity contribution in [2.45, 2.75) is 46.8 Å². The second-order valence-electron chi connectivity index (χ2n) is 2.86. The molecule has 0 N–H and O–H groups in total. The Hall–Kier alpha value is -0.300. The van der Waals surface area contributed by atoms with Crippen LogP contribution in [-0.2, 0) is 4.74 Å². The van der Waals surface area contributed by atoms with Crippen molar-refractivity contribution >= 4 is 0 Å². The predicted octanol–water partition coefficient (Wildman–Crippen LogP) is 2.77. The molecular weight excluding hydrogens is 124 g/mol. The average molecular weight is 142 g/mol. The van der Waals surface area contributed by atoms with Gasteiger partial charge >= 0.3 is 0 Å². The van der Waals surface area contributed by atoms with Gasteiger partial charge in [-0.2, -0.15) is 0 Å². The van der Waals surface area contributed by atoms with Gasteiger partial charge in [0.05, 0.1) is 12.2 Å². The fourth-order valence-corrected chi connectivity index (χ4v) is 0.750. The van der Waals surface area contributed by atoms with Gasteiger partial charge in [-0.3, -0.25) is 0 Å². The zero-order valence-corrected chi connectivity index (χ0v) is 7.64. The van der Waals surface area contributed by atoms with Crippen molar-refractivity contribution in [3.05, 3.63) is 11.6 Å². The SMILES string of the molecule is CC=C(C)C(C)OC(C)C. The number of ether oxygens (including phenoxy) is 1. The summed E-state index contributed by atoms with van der Waals surface area (Å²) in [4.78, 5) is 0. The average Bonchev–Trinajstić information content (AvgIpc) is 1.85. The highest BCUT2D eigenvalue weighted by Crippen LogP contribution is 2.07. The van der Waals surface area contributed by atoms with Gasteiger partial charge in [0.15, 0.2) is 0 Å². The van der Waals surface area contributed by atoms with Gasteiger partial charge in [-0.1, -0.05) is 6.08 Å². The van der Waals surface area contributed by atoms with Gasteiger partial charge in [0.25, 0.3) is 0 Å². The van der Waals surface area contributed by atoms with Crippen LogP contribution in [0.4, 0.5) is 0 Å². The lowest BCUT2D eigenvalue weighted by atomic mass is 10.2. The van der Waals surface area contributed by atoms with Crippen molar-refractivity contribution in [1.82, 2.24) is 0 Å². The van der Waals surface area contributed by atoms with Crippen LogP contribution >= 0.6 is 0 Å². The third kappa shape index (κ3) is 3.67. The predicted molar refractivity (Wildman–Crippen MR) is 45.1 cm³/mol. The minimum atomic E-state index is 0.269. The van der Waals surface area contributed by atoms with Gasteiger partial charge < -0.3 is 4.74 Å². The second kappa shape index (κ2) is 4.51. The first-order chi connectivity index (χ1) is 4.57. The van der Waals surface area contributed by atoms with E-state index in [2.05, 4.69) is 33.8 Å². The summed E-state index contributed by atoms with van der Waals surface area (Å²) in [6.45, 7) is 10.3. The Morgan fingerprint density at radius 2 is 1.80 bits per heavy atom. The summed E-state index contributed by atoms with van der Waals surface area (Å²) >= 11 is 0. The van der Waals surface area contributed by atoms with Crippen LogP contribution in [0, 0.1) is 0 Å². The van der Waals surface area contributed by atoms with E-state index in [1.54, 1.807) is 0 Å².